The lowest BCUT2D eigenvalue weighted by molar-refractivity contribution is -0.120. The van der Waals surface area contributed by atoms with E-state index in [9.17, 15) is 14.0 Å². The molecule has 1 fully saturated rings. The molecule has 0 aliphatic heterocycles. The maximum absolute atomic E-state index is 13.1. The quantitative estimate of drug-likeness (QED) is 0.487. The van der Waals surface area contributed by atoms with Gasteiger partial charge in [0.15, 0.2) is 5.16 Å². The summed E-state index contributed by atoms with van der Waals surface area (Å²) in [5, 5.41) is 3.70. The number of thioether (sulfide) groups is 1. The van der Waals surface area contributed by atoms with Crippen LogP contribution in [0.2, 0.25) is 0 Å². The van der Waals surface area contributed by atoms with Gasteiger partial charge in [0.25, 0.3) is 5.56 Å². The van der Waals surface area contributed by atoms with Gasteiger partial charge in [-0.15, -0.1) is 0 Å². The van der Waals surface area contributed by atoms with Crippen LogP contribution in [0, 0.1) is 5.82 Å². The number of nitrogens with zero attached hydrogens (tertiary/aromatic N) is 2. The Labute approximate surface area is 172 Å². The third-order valence-corrected chi connectivity index (χ3v) is 6.13. The van der Waals surface area contributed by atoms with Crippen molar-refractivity contribution in [2.45, 2.75) is 49.2 Å². The molecule has 0 bridgehead atoms. The number of para-hydroxylation sites is 1. The van der Waals surface area contributed by atoms with Crippen molar-refractivity contribution in [3.63, 3.8) is 0 Å². The molecule has 0 unspecified atom stereocenters. The Morgan fingerprint density at radius 1 is 1.17 bits per heavy atom. The van der Waals surface area contributed by atoms with Crippen LogP contribution < -0.4 is 10.9 Å². The first-order chi connectivity index (χ1) is 13.9. The number of carbonyl (C=O) groups excluding carboxylic acids is 1. The smallest absolute Gasteiger partial charge is 0.262 e. The van der Waals surface area contributed by atoms with Gasteiger partial charge in [-0.25, -0.2) is 9.37 Å². The van der Waals surface area contributed by atoms with Gasteiger partial charge in [-0.1, -0.05) is 36.0 Å². The van der Waals surface area contributed by atoms with Gasteiger partial charge in [0.1, 0.15) is 5.82 Å². The average molecular weight is 412 g/mol. The second kappa shape index (κ2) is 7.99. The minimum Gasteiger partial charge on any atom is -0.349 e. The Bertz CT molecular complexity index is 1110. The Morgan fingerprint density at radius 3 is 2.55 bits per heavy atom. The van der Waals surface area contributed by atoms with Crippen molar-refractivity contribution in [1.29, 1.82) is 0 Å². The molecule has 1 amide bonds. The number of rotatable bonds is 6. The van der Waals surface area contributed by atoms with Crippen LogP contribution in [0.5, 0.6) is 0 Å². The summed E-state index contributed by atoms with van der Waals surface area (Å²) in [6.45, 7) is 3.66. The number of halogens is 1. The van der Waals surface area contributed by atoms with E-state index in [0.29, 0.717) is 16.1 Å². The van der Waals surface area contributed by atoms with Crippen LogP contribution in [0.1, 0.15) is 44.3 Å². The minimum absolute atomic E-state index is 0.0483. The topological polar surface area (TPSA) is 64.0 Å². The average Bonchev–Trinajstić information content (AvgIpc) is 3.53. The Balaban J connectivity index is 1.54. The number of benzene rings is 2. The fourth-order valence-corrected chi connectivity index (χ4v) is 4.23. The molecule has 1 aliphatic carbocycles. The molecule has 1 N–H and O–H groups in total. The van der Waals surface area contributed by atoms with E-state index in [1.165, 1.54) is 23.9 Å². The molecule has 29 heavy (non-hydrogen) atoms. The molecular weight excluding hydrogens is 389 g/mol. The molecule has 150 valence electrons. The summed E-state index contributed by atoms with van der Waals surface area (Å²) in [5.41, 5.74) is 1.42. The van der Waals surface area contributed by atoms with Gasteiger partial charge in [-0.05, 0) is 56.5 Å². The summed E-state index contributed by atoms with van der Waals surface area (Å²) < 4.78 is 14.8. The molecule has 1 heterocycles. The third kappa shape index (κ3) is 4.19. The molecule has 1 saturated carbocycles. The first-order valence-corrected chi connectivity index (χ1v) is 10.6. The van der Waals surface area contributed by atoms with Gasteiger partial charge >= 0.3 is 0 Å². The van der Waals surface area contributed by atoms with Crippen molar-refractivity contribution in [3.8, 4) is 0 Å². The number of fused-ring (bicyclic) bond motifs is 1. The van der Waals surface area contributed by atoms with E-state index >= 15 is 0 Å². The normalized spacial score (nSPS) is 15.8. The summed E-state index contributed by atoms with van der Waals surface area (Å²) in [7, 11) is 0. The minimum atomic E-state index is -0.434. The Hall–Kier alpha value is -2.67. The molecule has 7 heteroatoms. The number of amides is 1. The maximum atomic E-state index is 13.1. The SMILES string of the molecule is C[C@H](NC(=O)[C@@H](C)Sc1nc2ccccc2c(=O)n1C1CC1)c1ccc(F)cc1. The van der Waals surface area contributed by atoms with Crippen LogP contribution in [0.3, 0.4) is 0 Å². The Kier molecular flexibility index (Phi) is 5.41. The highest BCUT2D eigenvalue weighted by molar-refractivity contribution is 8.00. The fraction of sp³-hybridized carbons (Fsp3) is 0.318. The summed E-state index contributed by atoms with van der Waals surface area (Å²) in [6, 6.07) is 13.3. The fourth-order valence-electron chi connectivity index (χ4n) is 3.24. The van der Waals surface area contributed by atoms with Crippen LogP contribution in [0.15, 0.2) is 58.5 Å². The van der Waals surface area contributed by atoms with E-state index in [4.69, 9.17) is 0 Å². The lowest BCUT2D eigenvalue weighted by Gasteiger charge is -2.19. The van der Waals surface area contributed by atoms with Crippen molar-refractivity contribution in [2.75, 3.05) is 0 Å². The van der Waals surface area contributed by atoms with E-state index in [1.807, 2.05) is 25.1 Å². The van der Waals surface area contributed by atoms with E-state index < -0.39 is 5.25 Å². The number of carbonyl (C=O) groups is 1. The van der Waals surface area contributed by atoms with Gasteiger partial charge in [0.05, 0.1) is 22.2 Å². The summed E-state index contributed by atoms with van der Waals surface area (Å²) >= 11 is 1.30. The second-order valence-corrected chi connectivity index (χ2v) is 8.67. The zero-order valence-electron chi connectivity index (χ0n) is 16.3. The number of hydrogen-bond acceptors (Lipinski definition) is 4. The zero-order chi connectivity index (χ0) is 20.5. The molecule has 0 spiro atoms. The Morgan fingerprint density at radius 2 is 1.86 bits per heavy atom. The first kappa shape index (κ1) is 19.6. The summed E-state index contributed by atoms with van der Waals surface area (Å²) in [5.74, 6) is -0.465. The molecule has 1 aromatic heterocycles. The van der Waals surface area contributed by atoms with Crippen molar-refractivity contribution < 1.29 is 9.18 Å². The molecule has 5 nitrogen and oxygen atoms in total. The van der Waals surface area contributed by atoms with Crippen molar-refractivity contribution in [2.24, 2.45) is 0 Å². The molecule has 0 radical (unpaired) electrons. The highest BCUT2D eigenvalue weighted by Gasteiger charge is 2.30. The molecule has 1 aliphatic rings. The van der Waals surface area contributed by atoms with Gasteiger partial charge in [0, 0.05) is 6.04 Å². The van der Waals surface area contributed by atoms with Crippen LogP contribution in [-0.2, 0) is 4.79 Å². The van der Waals surface area contributed by atoms with Gasteiger partial charge in [0.2, 0.25) is 5.91 Å². The predicted molar refractivity (Wildman–Crippen MR) is 113 cm³/mol. The lowest BCUT2D eigenvalue weighted by atomic mass is 10.1. The molecule has 0 saturated heterocycles. The van der Waals surface area contributed by atoms with Crippen molar-refractivity contribution in [1.82, 2.24) is 14.9 Å². The molecule has 2 aromatic carbocycles. The van der Waals surface area contributed by atoms with Gasteiger partial charge in [-0.2, -0.15) is 0 Å². The second-order valence-electron chi connectivity index (χ2n) is 7.36. The monoisotopic (exact) mass is 411 g/mol. The molecule has 3 aromatic rings. The standard InChI is InChI=1S/C22H22FN3O2S/c1-13(15-7-9-16(23)10-8-15)24-20(27)14(2)29-22-25-19-6-4-3-5-18(19)21(28)26(22)17-11-12-17/h3-10,13-14,17H,11-12H2,1-2H3,(H,24,27)/t13-,14+/m0/s1. The van der Waals surface area contributed by atoms with Crippen LogP contribution in [0.4, 0.5) is 4.39 Å². The predicted octanol–water partition coefficient (Wildman–Crippen LogP) is 4.23. The molecular formula is C22H22FN3O2S. The van der Waals surface area contributed by atoms with E-state index in [2.05, 4.69) is 10.3 Å². The van der Waals surface area contributed by atoms with Crippen LogP contribution in [-0.4, -0.2) is 20.7 Å². The van der Waals surface area contributed by atoms with E-state index in [1.54, 1.807) is 29.7 Å². The van der Waals surface area contributed by atoms with Crippen molar-refractivity contribution >= 4 is 28.6 Å². The van der Waals surface area contributed by atoms with E-state index in [-0.39, 0.29) is 29.4 Å². The van der Waals surface area contributed by atoms with Gasteiger partial charge in [-0.3, -0.25) is 14.2 Å². The molecule has 2 atom stereocenters. The summed E-state index contributed by atoms with van der Waals surface area (Å²) in [6.07, 6.45) is 1.91. The third-order valence-electron chi connectivity index (χ3n) is 5.07. The number of hydrogen-bond donors (Lipinski definition) is 1. The first-order valence-electron chi connectivity index (χ1n) is 9.68. The van der Waals surface area contributed by atoms with E-state index in [0.717, 1.165) is 18.4 Å². The molecule has 4 rings (SSSR count). The highest BCUT2D eigenvalue weighted by Crippen LogP contribution is 2.37. The highest BCUT2D eigenvalue weighted by atomic mass is 32.2. The van der Waals surface area contributed by atoms with Crippen molar-refractivity contribution in [3.05, 3.63) is 70.3 Å². The summed E-state index contributed by atoms with van der Waals surface area (Å²) in [4.78, 5) is 30.3. The zero-order valence-corrected chi connectivity index (χ0v) is 17.1. The maximum Gasteiger partial charge on any atom is 0.262 e. The number of aromatic nitrogens is 2. The largest absolute Gasteiger partial charge is 0.349 e. The van der Waals surface area contributed by atoms with Gasteiger partial charge < -0.3 is 5.32 Å². The van der Waals surface area contributed by atoms with Crippen LogP contribution in [0.25, 0.3) is 10.9 Å². The number of nitrogens with one attached hydrogen (secondary N) is 1. The van der Waals surface area contributed by atoms with Crippen LogP contribution >= 0.6 is 11.8 Å². The lowest BCUT2D eigenvalue weighted by Crippen LogP contribution is -2.33.